The number of benzene rings is 7. The first-order chi connectivity index (χ1) is 29.1. The van der Waals surface area contributed by atoms with E-state index in [0.29, 0.717) is 0 Å². The molecule has 298 valence electrons. The van der Waals surface area contributed by atoms with Crippen LogP contribution in [0.2, 0.25) is 0 Å². The molecule has 0 atom stereocenters. The van der Waals surface area contributed by atoms with Crippen LogP contribution in [0.4, 0.5) is 39.8 Å². The van der Waals surface area contributed by atoms with E-state index in [2.05, 4.69) is 168 Å². The number of aryl methyl sites for hydroxylation is 1. The zero-order chi connectivity index (χ0) is 40.1. The molecule has 1 aliphatic heterocycles. The quantitative estimate of drug-likeness (QED) is 0.0801. The minimum absolute atomic E-state index is 0.242. The highest BCUT2D eigenvalue weighted by Crippen LogP contribution is 2.37. The van der Waals surface area contributed by atoms with E-state index < -0.39 is 0 Å². The van der Waals surface area contributed by atoms with Crippen LogP contribution >= 0.6 is 0 Å². The van der Waals surface area contributed by atoms with Gasteiger partial charge in [-0.05, 0) is 132 Å². The molecule has 0 spiro atoms. The van der Waals surface area contributed by atoms with Gasteiger partial charge in [0.25, 0.3) is 0 Å². The van der Waals surface area contributed by atoms with Gasteiger partial charge in [0, 0.05) is 51.8 Å². The Bertz CT molecular complexity index is 2180. The van der Waals surface area contributed by atoms with Crippen LogP contribution in [-0.4, -0.2) is 26.4 Å². The summed E-state index contributed by atoms with van der Waals surface area (Å²) in [6.07, 6.45) is 7.17. The Hall–Kier alpha value is -6.14. The Labute approximate surface area is 350 Å². The lowest BCUT2D eigenvalue weighted by Gasteiger charge is -2.37. The average Bonchev–Trinajstić information content (AvgIpc) is 3.27. The maximum absolute atomic E-state index is 5.92. The van der Waals surface area contributed by atoms with Gasteiger partial charge in [0.15, 0.2) is 0 Å². The lowest BCUT2D eigenvalue weighted by Crippen LogP contribution is -2.43. The number of para-hydroxylation sites is 2. The average molecular weight is 778 g/mol. The van der Waals surface area contributed by atoms with Gasteiger partial charge in [0.1, 0.15) is 0 Å². The van der Waals surface area contributed by atoms with E-state index in [1.54, 1.807) is 0 Å². The maximum Gasteiger partial charge on any atom is 0.0564 e. The maximum atomic E-state index is 5.92. The van der Waals surface area contributed by atoms with E-state index in [1.807, 2.05) is 36.4 Å². The largest absolute Gasteiger partial charge is 0.381 e. The summed E-state index contributed by atoms with van der Waals surface area (Å²) in [6.45, 7) is 5.59. The molecule has 1 fully saturated rings. The van der Waals surface area contributed by atoms with Crippen LogP contribution in [0.15, 0.2) is 182 Å². The molecule has 0 radical (unpaired) electrons. The third-order valence-electron chi connectivity index (χ3n) is 11.1. The molecule has 0 aromatic heterocycles. The minimum atomic E-state index is 0.242. The molecule has 8 rings (SSSR count). The van der Waals surface area contributed by atoms with E-state index in [0.717, 1.165) is 79.1 Å². The fourth-order valence-corrected chi connectivity index (χ4v) is 7.65. The molecular formula is C54H55N3O2. The Morgan fingerprint density at radius 1 is 0.458 bits per heavy atom. The van der Waals surface area contributed by atoms with Crippen LogP contribution in [0.25, 0.3) is 22.3 Å². The van der Waals surface area contributed by atoms with Crippen molar-refractivity contribution in [2.45, 2.75) is 45.4 Å². The van der Waals surface area contributed by atoms with E-state index in [-0.39, 0.29) is 5.41 Å². The number of anilines is 7. The summed E-state index contributed by atoms with van der Waals surface area (Å²) in [6, 6.07) is 64.9. The zero-order valence-corrected chi connectivity index (χ0v) is 34.2. The molecule has 1 aliphatic rings. The van der Waals surface area contributed by atoms with E-state index >= 15 is 0 Å². The second-order valence-corrected chi connectivity index (χ2v) is 16.1. The fraction of sp³-hybridized carbons (Fsp3) is 0.222. The number of hydrogen-bond acceptors (Lipinski definition) is 5. The lowest BCUT2D eigenvalue weighted by atomic mass is 9.90. The molecule has 59 heavy (non-hydrogen) atoms. The highest BCUT2D eigenvalue weighted by Gasteiger charge is 2.33. The molecule has 1 saturated heterocycles. The monoisotopic (exact) mass is 777 g/mol. The molecule has 2 N–H and O–H groups in total. The Balaban J connectivity index is 0.934. The van der Waals surface area contributed by atoms with Gasteiger partial charge in [-0.2, -0.15) is 0 Å². The molecule has 0 aliphatic carbocycles. The second-order valence-electron chi connectivity index (χ2n) is 16.1. The highest BCUT2D eigenvalue weighted by atomic mass is 16.5. The topological polar surface area (TPSA) is 45.8 Å². The van der Waals surface area contributed by atoms with Crippen molar-refractivity contribution in [1.29, 1.82) is 0 Å². The van der Waals surface area contributed by atoms with Crippen LogP contribution in [-0.2, 0) is 15.9 Å². The smallest absolute Gasteiger partial charge is 0.0564 e. The van der Waals surface area contributed by atoms with Crippen molar-refractivity contribution in [1.82, 2.24) is 0 Å². The molecule has 0 amide bonds. The van der Waals surface area contributed by atoms with Crippen molar-refractivity contribution >= 4 is 39.8 Å². The number of nitrogens with one attached hydrogen (secondary N) is 2. The third kappa shape index (κ3) is 10.9. The van der Waals surface area contributed by atoms with E-state index in [9.17, 15) is 0 Å². The Kier molecular flexibility index (Phi) is 13.1. The van der Waals surface area contributed by atoms with Crippen LogP contribution < -0.4 is 15.5 Å². The van der Waals surface area contributed by atoms with Crippen molar-refractivity contribution in [2.24, 2.45) is 5.41 Å². The van der Waals surface area contributed by atoms with Crippen LogP contribution in [0.5, 0.6) is 0 Å². The van der Waals surface area contributed by atoms with Gasteiger partial charge in [-0.1, -0.05) is 123 Å². The van der Waals surface area contributed by atoms with Gasteiger partial charge >= 0.3 is 0 Å². The molecule has 0 bridgehead atoms. The summed E-state index contributed by atoms with van der Waals surface area (Å²) in [7, 11) is 0. The number of ether oxygens (including phenoxy) is 2. The second kappa shape index (κ2) is 19.5. The summed E-state index contributed by atoms with van der Waals surface area (Å²) in [5.74, 6) is 0. The SMILES string of the molecule is CC1(COCCCCCCCc2ccc(N(c3ccc(-c4ccc(Nc5ccccc5)cc4)cc3)c3ccc(-c4ccc(Nc5ccccc5)cc4)cc3)cc2)COC1. The third-order valence-corrected chi connectivity index (χ3v) is 11.1. The highest BCUT2D eigenvalue weighted by molar-refractivity contribution is 5.80. The first-order valence-electron chi connectivity index (χ1n) is 21.2. The number of nitrogens with zero attached hydrogens (tertiary/aromatic N) is 1. The summed E-state index contributed by atoms with van der Waals surface area (Å²) >= 11 is 0. The van der Waals surface area contributed by atoms with Crippen LogP contribution in [0.1, 0.15) is 44.6 Å². The summed E-state index contributed by atoms with van der Waals surface area (Å²) in [5.41, 5.74) is 14.0. The molecule has 7 aromatic carbocycles. The predicted molar refractivity (Wildman–Crippen MR) is 248 cm³/mol. The number of rotatable bonds is 19. The molecule has 5 nitrogen and oxygen atoms in total. The lowest BCUT2D eigenvalue weighted by molar-refractivity contribution is -0.137. The fourth-order valence-electron chi connectivity index (χ4n) is 7.65. The normalized spacial score (nSPS) is 13.0. The van der Waals surface area contributed by atoms with E-state index in [1.165, 1.54) is 53.5 Å². The summed E-state index contributed by atoms with van der Waals surface area (Å²) in [4.78, 5) is 2.36. The van der Waals surface area contributed by atoms with Gasteiger partial charge in [-0.3, -0.25) is 0 Å². The van der Waals surface area contributed by atoms with Crippen LogP contribution in [0, 0.1) is 5.41 Å². The first kappa shape index (κ1) is 39.7. The minimum Gasteiger partial charge on any atom is -0.381 e. The van der Waals surface area contributed by atoms with Crippen molar-refractivity contribution in [3.63, 3.8) is 0 Å². The molecule has 0 saturated carbocycles. The molecule has 5 heteroatoms. The molecule has 0 unspecified atom stereocenters. The number of unbranched alkanes of at least 4 members (excludes halogenated alkanes) is 4. The first-order valence-corrected chi connectivity index (χ1v) is 21.2. The Morgan fingerprint density at radius 3 is 1.29 bits per heavy atom. The summed E-state index contributed by atoms with van der Waals surface area (Å²) in [5, 5.41) is 6.98. The molecular weight excluding hydrogens is 723 g/mol. The van der Waals surface area contributed by atoms with Crippen molar-refractivity contribution in [3.05, 3.63) is 188 Å². The predicted octanol–water partition coefficient (Wildman–Crippen LogP) is 14.5. The van der Waals surface area contributed by atoms with Crippen molar-refractivity contribution in [2.75, 3.05) is 42.0 Å². The number of hydrogen-bond donors (Lipinski definition) is 2. The molecule has 1 heterocycles. The van der Waals surface area contributed by atoms with E-state index in [4.69, 9.17) is 9.47 Å². The standard InChI is InChI=1S/C54H55N3O2/c1-54(40-59-41-54)39-58-38-12-4-2-3-7-13-42-18-32-51(33-19-42)57(52-34-24-45(25-35-52)43-20-28-49(29-21-43)55-47-14-8-5-9-15-47)53-36-26-46(27-37-53)44-22-30-50(31-23-44)56-48-16-10-6-11-17-48/h5-6,8-11,14-37,55-56H,2-4,7,12-13,38-41H2,1H3. The zero-order valence-electron chi connectivity index (χ0n) is 34.2. The van der Waals surface area contributed by atoms with Crippen molar-refractivity contribution in [3.8, 4) is 22.3 Å². The van der Waals surface area contributed by atoms with Crippen molar-refractivity contribution < 1.29 is 9.47 Å². The van der Waals surface area contributed by atoms with Gasteiger partial charge < -0.3 is 25.0 Å². The van der Waals surface area contributed by atoms with Gasteiger partial charge in [0.2, 0.25) is 0 Å². The van der Waals surface area contributed by atoms with Crippen LogP contribution in [0.3, 0.4) is 0 Å². The summed E-state index contributed by atoms with van der Waals surface area (Å²) < 4.78 is 11.3. The van der Waals surface area contributed by atoms with Gasteiger partial charge in [-0.25, -0.2) is 0 Å². The van der Waals surface area contributed by atoms with Gasteiger partial charge in [-0.15, -0.1) is 0 Å². The molecule has 7 aromatic rings. The van der Waals surface area contributed by atoms with Gasteiger partial charge in [0.05, 0.1) is 19.8 Å². The Morgan fingerprint density at radius 2 is 0.847 bits per heavy atom.